The molecule has 218 valence electrons. The first-order chi connectivity index (χ1) is 20.5. The first-order valence-corrected chi connectivity index (χ1v) is 14.0. The summed E-state index contributed by atoms with van der Waals surface area (Å²) in [5.41, 5.74) is 8.92. The monoisotopic (exact) mass is 588 g/mol. The smallest absolute Gasteiger partial charge is 0.248 e. The number of nitrogen functional groups attached to an aromatic ring is 1. The van der Waals surface area contributed by atoms with Crippen LogP contribution >= 0.6 is 11.6 Å². The Bertz CT molecular complexity index is 1460. The molecule has 1 heterocycles. The number of rotatable bonds is 12. The van der Waals surface area contributed by atoms with Crippen molar-refractivity contribution in [1.29, 1.82) is 0 Å². The van der Waals surface area contributed by atoms with E-state index in [2.05, 4.69) is 25.5 Å². The van der Waals surface area contributed by atoms with Crippen LogP contribution in [-0.4, -0.2) is 47.0 Å². The lowest BCUT2D eigenvalue weighted by Gasteiger charge is -2.23. The third-order valence-electron chi connectivity index (χ3n) is 7.02. The number of hydrogen-bond acceptors (Lipinski definition) is 10. The van der Waals surface area contributed by atoms with Crippen molar-refractivity contribution >= 4 is 34.7 Å². The molecule has 4 N–H and O–H groups in total. The topological polar surface area (TPSA) is 136 Å². The van der Waals surface area contributed by atoms with Crippen LogP contribution in [0.1, 0.15) is 17.5 Å². The molecule has 1 aliphatic carbocycles. The number of hydrogen-bond donors (Lipinski definition) is 3. The molecule has 0 spiro atoms. The number of methoxy groups -OCH3 is 1. The highest BCUT2D eigenvalue weighted by Gasteiger charge is 2.44. The van der Waals surface area contributed by atoms with E-state index < -0.39 is 12.1 Å². The fourth-order valence-corrected chi connectivity index (χ4v) is 4.99. The van der Waals surface area contributed by atoms with Gasteiger partial charge in [0.2, 0.25) is 11.8 Å². The standard InChI is InChI=1S/C31H33ClN6O4/c1-40-30-27(38-37-23-14-12-22(32)13-15-23)29(35-31(33)36-30)34-25-16-26(42-18-21-10-6-3-7-11-21)24(28(25)39)19-41-17-20-8-4-2-5-9-20/h2-15,24-26,28,39H,16-19H2,1H3,(H3,33,34,35,36). The van der Waals surface area contributed by atoms with E-state index in [1.54, 1.807) is 24.3 Å². The fraction of sp³-hybridized carbons (Fsp3) is 0.290. The van der Waals surface area contributed by atoms with Gasteiger partial charge in [0.25, 0.3) is 0 Å². The van der Waals surface area contributed by atoms with E-state index in [1.165, 1.54) is 7.11 Å². The summed E-state index contributed by atoms with van der Waals surface area (Å²) in [5.74, 6) is 0.130. The zero-order chi connectivity index (χ0) is 29.3. The number of aliphatic hydroxyl groups is 1. The van der Waals surface area contributed by atoms with Crippen LogP contribution in [0.4, 0.5) is 23.1 Å². The van der Waals surface area contributed by atoms with E-state index in [9.17, 15) is 5.11 Å². The number of nitrogens with one attached hydrogen (secondary N) is 1. The maximum Gasteiger partial charge on any atom is 0.248 e. The SMILES string of the molecule is COc1nc(N)nc(NC2CC(OCc3ccccc3)C(COCc3ccccc3)C2O)c1N=Nc1ccc(Cl)cc1. The van der Waals surface area contributed by atoms with E-state index in [4.69, 9.17) is 31.5 Å². The van der Waals surface area contributed by atoms with E-state index in [0.29, 0.717) is 37.0 Å². The van der Waals surface area contributed by atoms with Crippen molar-refractivity contribution in [2.24, 2.45) is 16.1 Å². The van der Waals surface area contributed by atoms with Crippen molar-refractivity contribution < 1.29 is 19.3 Å². The third-order valence-corrected chi connectivity index (χ3v) is 7.27. The molecule has 11 heteroatoms. The summed E-state index contributed by atoms with van der Waals surface area (Å²) in [5, 5.41) is 24.1. The van der Waals surface area contributed by atoms with Crippen molar-refractivity contribution in [3.05, 3.63) is 101 Å². The third kappa shape index (κ3) is 7.59. The first kappa shape index (κ1) is 29.4. The minimum atomic E-state index is -0.815. The minimum absolute atomic E-state index is 0.00750. The second-order valence-corrected chi connectivity index (χ2v) is 10.4. The molecule has 1 aromatic heterocycles. The largest absolute Gasteiger partial charge is 0.479 e. The van der Waals surface area contributed by atoms with Gasteiger partial charge in [-0.1, -0.05) is 72.3 Å². The average Bonchev–Trinajstić information content (AvgIpc) is 3.30. The van der Waals surface area contributed by atoms with Gasteiger partial charge in [-0.25, -0.2) is 0 Å². The molecule has 0 amide bonds. The van der Waals surface area contributed by atoms with Crippen LogP contribution in [0.5, 0.6) is 5.88 Å². The molecule has 1 fully saturated rings. The summed E-state index contributed by atoms with van der Waals surface area (Å²) >= 11 is 5.99. The molecule has 10 nitrogen and oxygen atoms in total. The summed E-state index contributed by atoms with van der Waals surface area (Å²) in [7, 11) is 1.46. The lowest BCUT2D eigenvalue weighted by Crippen LogP contribution is -2.35. The van der Waals surface area contributed by atoms with Crippen molar-refractivity contribution in [3.8, 4) is 5.88 Å². The Labute approximate surface area is 249 Å². The molecule has 3 aromatic carbocycles. The number of nitrogens with two attached hydrogens (primary N) is 1. The molecule has 1 aliphatic rings. The molecule has 4 atom stereocenters. The fourth-order valence-electron chi connectivity index (χ4n) is 4.86. The maximum absolute atomic E-state index is 11.5. The van der Waals surface area contributed by atoms with Gasteiger partial charge >= 0.3 is 0 Å². The highest BCUT2D eigenvalue weighted by atomic mass is 35.5. The average molecular weight is 589 g/mol. The Balaban J connectivity index is 1.35. The van der Waals surface area contributed by atoms with Gasteiger partial charge < -0.3 is 30.4 Å². The lowest BCUT2D eigenvalue weighted by atomic mass is 10.0. The number of azo groups is 1. The molecular weight excluding hydrogens is 556 g/mol. The molecule has 4 aromatic rings. The van der Waals surface area contributed by atoms with E-state index >= 15 is 0 Å². The molecule has 1 saturated carbocycles. The number of anilines is 2. The minimum Gasteiger partial charge on any atom is -0.479 e. The second kappa shape index (κ2) is 14.2. The summed E-state index contributed by atoms with van der Waals surface area (Å²) < 4.78 is 17.8. The van der Waals surface area contributed by atoms with E-state index in [0.717, 1.165) is 11.1 Å². The Morgan fingerprint density at radius 1 is 0.929 bits per heavy atom. The van der Waals surface area contributed by atoms with Crippen molar-refractivity contribution in [2.75, 3.05) is 24.8 Å². The van der Waals surface area contributed by atoms with Gasteiger partial charge in [-0.15, -0.1) is 5.11 Å². The first-order valence-electron chi connectivity index (χ1n) is 13.6. The van der Waals surface area contributed by atoms with Gasteiger partial charge in [0.1, 0.15) is 0 Å². The van der Waals surface area contributed by atoms with Gasteiger partial charge in [0.05, 0.1) is 50.9 Å². The van der Waals surface area contributed by atoms with Gasteiger partial charge in [-0.05, 0) is 41.8 Å². The predicted molar refractivity (Wildman–Crippen MR) is 161 cm³/mol. The van der Waals surface area contributed by atoms with Crippen molar-refractivity contribution in [3.63, 3.8) is 0 Å². The molecule has 42 heavy (non-hydrogen) atoms. The normalized spacial score (nSPS) is 20.2. The van der Waals surface area contributed by atoms with Crippen LogP contribution in [0.25, 0.3) is 0 Å². The number of benzene rings is 3. The Hall–Kier alpha value is -4.09. The van der Waals surface area contributed by atoms with Crippen LogP contribution in [0, 0.1) is 5.92 Å². The molecule has 0 radical (unpaired) electrons. The van der Waals surface area contributed by atoms with Crippen LogP contribution in [0.3, 0.4) is 0 Å². The number of halogens is 1. The summed E-state index contributed by atoms with van der Waals surface area (Å²) in [4.78, 5) is 8.53. The molecular formula is C31H33ClN6O4. The van der Waals surface area contributed by atoms with Crippen LogP contribution in [-0.2, 0) is 22.7 Å². The Morgan fingerprint density at radius 2 is 1.60 bits per heavy atom. The van der Waals surface area contributed by atoms with Crippen LogP contribution in [0.2, 0.25) is 5.02 Å². The zero-order valence-corrected chi connectivity index (χ0v) is 23.9. The number of ether oxygens (including phenoxy) is 3. The molecule has 0 saturated heterocycles. The second-order valence-electron chi connectivity index (χ2n) is 9.94. The zero-order valence-electron chi connectivity index (χ0n) is 23.1. The Kier molecular flexibility index (Phi) is 9.94. The van der Waals surface area contributed by atoms with Crippen molar-refractivity contribution in [1.82, 2.24) is 9.97 Å². The predicted octanol–water partition coefficient (Wildman–Crippen LogP) is 6.10. The van der Waals surface area contributed by atoms with Crippen LogP contribution < -0.4 is 15.8 Å². The Morgan fingerprint density at radius 3 is 2.26 bits per heavy atom. The number of nitrogens with zero attached hydrogens (tertiary/aromatic N) is 4. The molecule has 5 rings (SSSR count). The molecule has 4 unspecified atom stereocenters. The van der Waals surface area contributed by atoms with Crippen molar-refractivity contribution in [2.45, 2.75) is 37.9 Å². The lowest BCUT2D eigenvalue weighted by molar-refractivity contribution is -0.0463. The van der Waals surface area contributed by atoms with Gasteiger partial charge in [-0.3, -0.25) is 0 Å². The number of aliphatic hydroxyl groups excluding tert-OH is 1. The highest BCUT2D eigenvalue weighted by molar-refractivity contribution is 6.30. The molecule has 0 aliphatic heterocycles. The van der Waals surface area contributed by atoms with Gasteiger partial charge in [0.15, 0.2) is 11.5 Å². The maximum atomic E-state index is 11.5. The van der Waals surface area contributed by atoms with Gasteiger partial charge in [-0.2, -0.15) is 15.1 Å². The van der Waals surface area contributed by atoms with E-state index in [1.807, 2.05) is 60.7 Å². The molecule has 0 bridgehead atoms. The quantitative estimate of drug-likeness (QED) is 0.169. The van der Waals surface area contributed by atoms with Crippen LogP contribution in [0.15, 0.2) is 95.2 Å². The summed E-state index contributed by atoms with van der Waals surface area (Å²) in [6, 6.07) is 26.3. The van der Waals surface area contributed by atoms with Gasteiger partial charge in [0, 0.05) is 10.9 Å². The highest BCUT2D eigenvalue weighted by Crippen LogP contribution is 2.38. The van der Waals surface area contributed by atoms with E-state index in [-0.39, 0.29) is 35.4 Å². The number of aromatic nitrogens is 2. The summed E-state index contributed by atoms with van der Waals surface area (Å²) in [6.07, 6.45) is -0.605. The summed E-state index contributed by atoms with van der Waals surface area (Å²) in [6.45, 7) is 1.16.